The van der Waals surface area contributed by atoms with Crippen molar-refractivity contribution in [2.75, 3.05) is 0 Å². The SMILES string of the molecule is C=C1[C@@H](O)[C@]23C[C@@]1(O)CC[C@H]2[C@]1(C=O)CCC[C@@](C)(C(=O)O)[C@H]1[C@@H]3C(=O)O. The van der Waals surface area contributed by atoms with Crippen molar-refractivity contribution in [3.63, 3.8) is 0 Å². The molecule has 4 rings (SSSR count). The van der Waals surface area contributed by atoms with Crippen molar-refractivity contribution in [1.82, 2.24) is 0 Å². The fourth-order valence-corrected chi connectivity index (χ4v) is 7.65. The van der Waals surface area contributed by atoms with Crippen LogP contribution < -0.4 is 0 Å². The Morgan fingerprint density at radius 2 is 1.89 bits per heavy atom. The van der Waals surface area contributed by atoms with Crippen LogP contribution in [-0.4, -0.2) is 50.4 Å². The molecule has 27 heavy (non-hydrogen) atoms. The van der Waals surface area contributed by atoms with Gasteiger partial charge in [-0.25, -0.2) is 0 Å². The van der Waals surface area contributed by atoms with Crippen molar-refractivity contribution in [2.24, 2.45) is 34.0 Å². The van der Waals surface area contributed by atoms with Gasteiger partial charge in [0, 0.05) is 16.7 Å². The van der Waals surface area contributed by atoms with Gasteiger partial charge < -0.3 is 25.2 Å². The minimum absolute atomic E-state index is 0.0173. The molecule has 0 aliphatic heterocycles. The van der Waals surface area contributed by atoms with E-state index in [4.69, 9.17) is 0 Å². The van der Waals surface area contributed by atoms with Crippen LogP contribution in [-0.2, 0) is 14.4 Å². The second-order valence-corrected chi connectivity index (χ2v) is 9.44. The summed E-state index contributed by atoms with van der Waals surface area (Å²) in [6.07, 6.45) is 1.41. The maximum Gasteiger partial charge on any atom is 0.309 e. The van der Waals surface area contributed by atoms with E-state index in [-0.39, 0.29) is 18.4 Å². The zero-order valence-corrected chi connectivity index (χ0v) is 15.4. The first-order valence-electron chi connectivity index (χ1n) is 9.53. The van der Waals surface area contributed by atoms with Crippen molar-refractivity contribution < 1.29 is 34.8 Å². The second kappa shape index (κ2) is 5.20. The molecule has 148 valence electrons. The van der Waals surface area contributed by atoms with Gasteiger partial charge in [0.1, 0.15) is 6.29 Å². The highest BCUT2D eigenvalue weighted by Crippen LogP contribution is 2.77. The average molecular weight is 378 g/mol. The number of aliphatic hydroxyl groups excluding tert-OH is 1. The normalized spacial score (nSPS) is 53.5. The molecule has 4 saturated carbocycles. The lowest BCUT2D eigenvalue weighted by molar-refractivity contribution is -0.168. The number of aliphatic carboxylic acids is 2. The molecular formula is C20H26O7. The molecule has 1 spiro atoms. The van der Waals surface area contributed by atoms with Gasteiger partial charge in [0.2, 0.25) is 0 Å². The number of hydrogen-bond acceptors (Lipinski definition) is 5. The Morgan fingerprint density at radius 1 is 1.22 bits per heavy atom. The van der Waals surface area contributed by atoms with Crippen molar-refractivity contribution in [3.05, 3.63) is 12.2 Å². The molecule has 0 aromatic carbocycles. The van der Waals surface area contributed by atoms with Crippen LogP contribution in [0.3, 0.4) is 0 Å². The van der Waals surface area contributed by atoms with Crippen LogP contribution in [0, 0.1) is 34.0 Å². The summed E-state index contributed by atoms with van der Waals surface area (Å²) in [5.41, 5.74) is -4.92. The van der Waals surface area contributed by atoms with E-state index >= 15 is 0 Å². The first kappa shape index (κ1) is 18.6. The van der Waals surface area contributed by atoms with Gasteiger partial charge in [-0.2, -0.15) is 0 Å². The monoisotopic (exact) mass is 378 g/mol. The molecule has 0 aromatic rings. The molecule has 4 N–H and O–H groups in total. The Labute approximate surface area is 157 Å². The van der Waals surface area contributed by atoms with Gasteiger partial charge in [0.15, 0.2) is 0 Å². The van der Waals surface area contributed by atoms with E-state index in [0.717, 1.165) is 6.29 Å². The van der Waals surface area contributed by atoms with Crippen molar-refractivity contribution in [3.8, 4) is 0 Å². The summed E-state index contributed by atoms with van der Waals surface area (Å²) in [5, 5.41) is 42.2. The van der Waals surface area contributed by atoms with Crippen LogP contribution in [0.15, 0.2) is 12.2 Å². The molecule has 0 saturated heterocycles. The molecule has 0 unspecified atom stereocenters. The number of aldehydes is 1. The number of hydrogen-bond donors (Lipinski definition) is 4. The summed E-state index contributed by atoms with van der Waals surface area (Å²) in [6, 6.07) is 0. The quantitative estimate of drug-likeness (QED) is 0.429. The van der Waals surface area contributed by atoms with Gasteiger partial charge in [-0.05, 0) is 50.5 Å². The zero-order valence-electron chi connectivity index (χ0n) is 15.4. The minimum atomic E-state index is -1.38. The zero-order chi connectivity index (χ0) is 20.0. The number of carboxylic acids is 2. The molecule has 7 nitrogen and oxygen atoms in total. The molecule has 0 heterocycles. The maximum atomic E-state index is 12.5. The summed E-state index contributed by atoms with van der Waals surface area (Å²) in [4.78, 5) is 37.2. The molecule has 0 aromatic heterocycles. The molecular weight excluding hydrogens is 352 g/mol. The van der Waals surface area contributed by atoms with Gasteiger partial charge in [0.05, 0.1) is 23.0 Å². The van der Waals surface area contributed by atoms with E-state index < -0.39 is 57.6 Å². The Morgan fingerprint density at radius 3 is 2.44 bits per heavy atom. The summed E-state index contributed by atoms with van der Waals surface area (Å²) < 4.78 is 0. The largest absolute Gasteiger partial charge is 0.481 e. The lowest BCUT2D eigenvalue weighted by Crippen LogP contribution is -2.52. The molecule has 8 atom stereocenters. The van der Waals surface area contributed by atoms with Gasteiger partial charge in [-0.1, -0.05) is 13.0 Å². The topological polar surface area (TPSA) is 132 Å². The smallest absolute Gasteiger partial charge is 0.309 e. The van der Waals surface area contributed by atoms with E-state index in [0.29, 0.717) is 25.7 Å². The average Bonchev–Trinajstić information content (AvgIpc) is 2.95. The van der Waals surface area contributed by atoms with Gasteiger partial charge >= 0.3 is 11.9 Å². The lowest BCUT2D eigenvalue weighted by atomic mass is 9.53. The van der Waals surface area contributed by atoms with Crippen molar-refractivity contribution in [2.45, 2.75) is 57.2 Å². The predicted molar refractivity (Wildman–Crippen MR) is 92.6 cm³/mol. The highest BCUT2D eigenvalue weighted by Gasteiger charge is 2.81. The maximum absolute atomic E-state index is 12.5. The van der Waals surface area contributed by atoms with Crippen LogP contribution in [0.2, 0.25) is 0 Å². The fraction of sp³-hybridized carbons (Fsp3) is 0.750. The Balaban J connectivity index is 2.02. The predicted octanol–water partition coefficient (Wildman–Crippen LogP) is 1.23. The molecule has 4 aliphatic carbocycles. The summed E-state index contributed by atoms with van der Waals surface area (Å²) in [7, 11) is 0. The number of rotatable bonds is 3. The first-order chi connectivity index (χ1) is 12.5. The Kier molecular flexibility index (Phi) is 3.59. The number of carbonyl (C=O) groups excluding carboxylic acids is 1. The number of aliphatic hydroxyl groups is 2. The summed E-state index contributed by atoms with van der Waals surface area (Å²) in [6.45, 7) is 5.37. The highest BCUT2D eigenvalue weighted by molar-refractivity contribution is 5.82. The van der Waals surface area contributed by atoms with E-state index in [1.165, 1.54) is 6.92 Å². The van der Waals surface area contributed by atoms with Crippen molar-refractivity contribution >= 4 is 18.2 Å². The van der Waals surface area contributed by atoms with E-state index in [2.05, 4.69) is 6.58 Å². The highest BCUT2D eigenvalue weighted by atomic mass is 16.4. The van der Waals surface area contributed by atoms with Crippen LogP contribution >= 0.6 is 0 Å². The molecule has 7 heteroatoms. The Hall–Kier alpha value is -1.73. The minimum Gasteiger partial charge on any atom is -0.481 e. The third kappa shape index (κ3) is 1.82. The van der Waals surface area contributed by atoms with Crippen LogP contribution in [0.4, 0.5) is 0 Å². The van der Waals surface area contributed by atoms with E-state index in [9.17, 15) is 34.8 Å². The van der Waals surface area contributed by atoms with Gasteiger partial charge in [0.25, 0.3) is 0 Å². The second-order valence-electron chi connectivity index (χ2n) is 9.44. The first-order valence-corrected chi connectivity index (χ1v) is 9.53. The number of carboxylic acid groups (broad SMARTS) is 2. The van der Waals surface area contributed by atoms with Crippen LogP contribution in [0.5, 0.6) is 0 Å². The van der Waals surface area contributed by atoms with Crippen LogP contribution in [0.25, 0.3) is 0 Å². The summed E-state index contributed by atoms with van der Waals surface area (Å²) >= 11 is 0. The molecule has 4 aliphatic rings. The third-order valence-electron chi connectivity index (χ3n) is 8.64. The molecule has 4 fully saturated rings. The van der Waals surface area contributed by atoms with Gasteiger partial charge in [-0.3, -0.25) is 9.59 Å². The fourth-order valence-electron chi connectivity index (χ4n) is 7.65. The van der Waals surface area contributed by atoms with Gasteiger partial charge in [-0.15, -0.1) is 0 Å². The number of fused-ring (bicyclic) bond motifs is 3. The Bertz CT molecular complexity index is 761. The number of carbonyl (C=O) groups is 3. The molecule has 0 radical (unpaired) electrons. The van der Waals surface area contributed by atoms with Crippen LogP contribution in [0.1, 0.15) is 45.4 Å². The van der Waals surface area contributed by atoms with E-state index in [1.54, 1.807) is 0 Å². The van der Waals surface area contributed by atoms with E-state index in [1.807, 2.05) is 0 Å². The standard InChI is InChI=1S/C20H26O7/c1-10-14(22)20-8-19(10,27)7-4-11(20)18(9-21)6-3-5-17(2,16(25)26)13(18)12(20)15(23)24/h9,11-14,22,27H,1,3-8H2,2H3,(H,23,24)(H,25,26)/t11-,12+,13+,14+,17+,18+,19-,20+/m0/s1. The molecule has 0 amide bonds. The van der Waals surface area contributed by atoms with Crippen molar-refractivity contribution in [1.29, 1.82) is 0 Å². The summed E-state index contributed by atoms with van der Waals surface area (Å²) in [5.74, 6) is -4.96. The third-order valence-corrected chi connectivity index (χ3v) is 8.64. The lowest BCUT2D eigenvalue weighted by Gasteiger charge is -2.49. The molecule has 2 bridgehead atoms.